The molecule has 2 aromatic rings. The first-order chi connectivity index (χ1) is 13.0. The van der Waals surface area contributed by atoms with Gasteiger partial charge < -0.3 is 25.8 Å². The van der Waals surface area contributed by atoms with E-state index in [1.165, 1.54) is 0 Å². The van der Waals surface area contributed by atoms with E-state index in [-0.39, 0.29) is 11.9 Å². The highest BCUT2D eigenvalue weighted by Crippen LogP contribution is 2.29. The van der Waals surface area contributed by atoms with Gasteiger partial charge in [-0.15, -0.1) is 0 Å². The molecule has 0 heterocycles. The summed E-state index contributed by atoms with van der Waals surface area (Å²) in [7, 11) is 3.16. The summed E-state index contributed by atoms with van der Waals surface area (Å²) < 4.78 is 10.5. The number of methoxy groups -OCH3 is 2. The van der Waals surface area contributed by atoms with Crippen LogP contribution >= 0.6 is 0 Å². The smallest absolute Gasteiger partial charge is 0.224 e. The molecule has 0 bridgehead atoms. The molecular formula is C20H26N4O3. The SMILES string of the molecule is CCCC(=O)Nc1cccc(CN=C(N)Nc2ccc(OC)c(OC)c2)c1. The average Bonchev–Trinajstić information content (AvgIpc) is 2.66. The molecule has 2 aromatic carbocycles. The monoisotopic (exact) mass is 370 g/mol. The fourth-order valence-corrected chi connectivity index (χ4v) is 2.48. The van der Waals surface area contributed by atoms with Gasteiger partial charge in [0.15, 0.2) is 17.5 Å². The highest BCUT2D eigenvalue weighted by atomic mass is 16.5. The Morgan fingerprint density at radius 3 is 2.48 bits per heavy atom. The molecule has 144 valence electrons. The van der Waals surface area contributed by atoms with E-state index in [1.807, 2.05) is 37.3 Å². The maximum Gasteiger partial charge on any atom is 0.224 e. The van der Waals surface area contributed by atoms with E-state index in [0.717, 1.165) is 23.4 Å². The van der Waals surface area contributed by atoms with Gasteiger partial charge in [0.2, 0.25) is 5.91 Å². The topological polar surface area (TPSA) is 98.0 Å². The maximum atomic E-state index is 11.7. The Balaban J connectivity index is 2.00. The molecular weight excluding hydrogens is 344 g/mol. The molecule has 0 spiro atoms. The molecule has 0 aliphatic heterocycles. The third-order valence-electron chi connectivity index (χ3n) is 3.78. The summed E-state index contributed by atoms with van der Waals surface area (Å²) in [5.74, 6) is 1.53. The Kier molecular flexibility index (Phi) is 7.49. The van der Waals surface area contributed by atoms with Crippen LogP contribution in [0.1, 0.15) is 25.3 Å². The van der Waals surface area contributed by atoms with Crippen molar-refractivity contribution in [1.29, 1.82) is 0 Å². The molecule has 0 radical (unpaired) electrons. The van der Waals surface area contributed by atoms with Crippen LogP contribution in [-0.2, 0) is 11.3 Å². The summed E-state index contributed by atoms with van der Waals surface area (Å²) in [5.41, 5.74) is 8.42. The van der Waals surface area contributed by atoms with Crippen LogP contribution in [0.3, 0.4) is 0 Å². The number of nitrogens with one attached hydrogen (secondary N) is 2. The summed E-state index contributed by atoms with van der Waals surface area (Å²) >= 11 is 0. The van der Waals surface area contributed by atoms with Gasteiger partial charge in [0.05, 0.1) is 20.8 Å². The summed E-state index contributed by atoms with van der Waals surface area (Å²) in [4.78, 5) is 16.0. The maximum absolute atomic E-state index is 11.7. The van der Waals surface area contributed by atoms with Gasteiger partial charge in [-0.05, 0) is 36.2 Å². The zero-order valence-corrected chi connectivity index (χ0v) is 15.9. The molecule has 0 aliphatic rings. The predicted molar refractivity (Wildman–Crippen MR) is 108 cm³/mol. The van der Waals surface area contributed by atoms with Crippen molar-refractivity contribution in [3.05, 3.63) is 48.0 Å². The van der Waals surface area contributed by atoms with Crippen molar-refractivity contribution < 1.29 is 14.3 Å². The summed E-state index contributed by atoms with van der Waals surface area (Å²) in [6.45, 7) is 2.36. The number of hydrogen-bond acceptors (Lipinski definition) is 4. The number of nitrogens with zero attached hydrogens (tertiary/aromatic N) is 1. The molecule has 0 aromatic heterocycles. The zero-order valence-electron chi connectivity index (χ0n) is 15.9. The zero-order chi connectivity index (χ0) is 19.6. The first-order valence-corrected chi connectivity index (χ1v) is 8.73. The Bertz CT molecular complexity index is 806. The van der Waals surface area contributed by atoms with Gasteiger partial charge in [0.1, 0.15) is 0 Å². The second-order valence-electron chi connectivity index (χ2n) is 5.89. The molecule has 27 heavy (non-hydrogen) atoms. The van der Waals surface area contributed by atoms with Gasteiger partial charge in [0, 0.05) is 23.9 Å². The lowest BCUT2D eigenvalue weighted by Crippen LogP contribution is -2.22. The molecule has 0 saturated carbocycles. The number of benzene rings is 2. The lowest BCUT2D eigenvalue weighted by atomic mass is 10.2. The average molecular weight is 370 g/mol. The number of carbonyl (C=O) groups is 1. The van der Waals surface area contributed by atoms with Gasteiger partial charge in [0.25, 0.3) is 0 Å². The van der Waals surface area contributed by atoms with E-state index in [1.54, 1.807) is 26.4 Å². The third kappa shape index (κ3) is 6.22. The number of anilines is 2. The Hall–Kier alpha value is -3.22. The molecule has 4 N–H and O–H groups in total. The fraction of sp³-hybridized carbons (Fsp3) is 0.300. The van der Waals surface area contributed by atoms with Crippen molar-refractivity contribution in [1.82, 2.24) is 0 Å². The number of amides is 1. The van der Waals surface area contributed by atoms with Crippen LogP contribution in [-0.4, -0.2) is 26.1 Å². The number of guanidine groups is 1. The van der Waals surface area contributed by atoms with Gasteiger partial charge in [-0.1, -0.05) is 19.1 Å². The van der Waals surface area contributed by atoms with E-state index in [0.29, 0.717) is 24.5 Å². The van der Waals surface area contributed by atoms with Crippen LogP contribution < -0.4 is 25.8 Å². The Labute approximate surface area is 159 Å². The van der Waals surface area contributed by atoms with Crippen molar-refractivity contribution in [2.45, 2.75) is 26.3 Å². The van der Waals surface area contributed by atoms with E-state index < -0.39 is 0 Å². The Morgan fingerprint density at radius 2 is 1.78 bits per heavy atom. The molecule has 7 heteroatoms. The highest BCUT2D eigenvalue weighted by molar-refractivity contribution is 5.92. The van der Waals surface area contributed by atoms with Crippen LogP contribution in [0.2, 0.25) is 0 Å². The second-order valence-corrected chi connectivity index (χ2v) is 5.89. The largest absolute Gasteiger partial charge is 0.493 e. The lowest BCUT2D eigenvalue weighted by Gasteiger charge is -2.11. The number of nitrogens with two attached hydrogens (primary N) is 1. The van der Waals surface area contributed by atoms with E-state index in [4.69, 9.17) is 15.2 Å². The van der Waals surface area contributed by atoms with Crippen LogP contribution in [0.4, 0.5) is 11.4 Å². The first kappa shape index (κ1) is 20.1. The van der Waals surface area contributed by atoms with Crippen molar-refractivity contribution in [2.75, 3.05) is 24.9 Å². The molecule has 2 rings (SSSR count). The predicted octanol–water partition coefficient (Wildman–Crippen LogP) is 3.37. The minimum absolute atomic E-state index is 0.00721. The number of aliphatic imine (C=N–C) groups is 1. The molecule has 0 unspecified atom stereocenters. The van der Waals surface area contributed by atoms with Crippen LogP contribution in [0.5, 0.6) is 11.5 Å². The van der Waals surface area contributed by atoms with E-state index >= 15 is 0 Å². The van der Waals surface area contributed by atoms with Crippen LogP contribution in [0, 0.1) is 0 Å². The molecule has 1 amide bonds. The normalized spacial score (nSPS) is 11.0. The second kappa shape index (κ2) is 10.1. The molecule has 0 saturated heterocycles. The summed E-state index contributed by atoms with van der Waals surface area (Å²) in [5, 5.41) is 5.90. The standard InChI is InChI=1S/C20H26N4O3/c1-4-6-19(25)23-15-8-5-7-14(11-15)13-22-20(21)24-16-9-10-17(26-2)18(12-16)27-3/h5,7-12H,4,6,13H2,1-3H3,(H,23,25)(H3,21,22,24). The number of ether oxygens (including phenoxy) is 2. The molecule has 0 atom stereocenters. The highest BCUT2D eigenvalue weighted by Gasteiger charge is 2.05. The number of carbonyl (C=O) groups excluding carboxylic acids is 1. The van der Waals surface area contributed by atoms with E-state index in [2.05, 4.69) is 15.6 Å². The van der Waals surface area contributed by atoms with Crippen LogP contribution in [0.15, 0.2) is 47.5 Å². The van der Waals surface area contributed by atoms with Crippen molar-refractivity contribution in [2.24, 2.45) is 10.7 Å². The van der Waals surface area contributed by atoms with Gasteiger partial charge >= 0.3 is 0 Å². The Morgan fingerprint density at radius 1 is 1.04 bits per heavy atom. The van der Waals surface area contributed by atoms with Crippen molar-refractivity contribution in [3.63, 3.8) is 0 Å². The number of rotatable bonds is 8. The lowest BCUT2D eigenvalue weighted by molar-refractivity contribution is -0.116. The molecule has 0 fully saturated rings. The molecule has 7 nitrogen and oxygen atoms in total. The summed E-state index contributed by atoms with van der Waals surface area (Å²) in [6, 6.07) is 13.0. The summed E-state index contributed by atoms with van der Waals surface area (Å²) in [6.07, 6.45) is 1.32. The minimum atomic E-state index is 0.00721. The third-order valence-corrected chi connectivity index (χ3v) is 3.78. The molecule has 0 aliphatic carbocycles. The van der Waals surface area contributed by atoms with Gasteiger partial charge in [-0.2, -0.15) is 0 Å². The minimum Gasteiger partial charge on any atom is -0.493 e. The van der Waals surface area contributed by atoms with E-state index in [9.17, 15) is 4.79 Å². The van der Waals surface area contributed by atoms with Crippen LogP contribution in [0.25, 0.3) is 0 Å². The van der Waals surface area contributed by atoms with Gasteiger partial charge in [-0.25, -0.2) is 4.99 Å². The van der Waals surface area contributed by atoms with Gasteiger partial charge in [-0.3, -0.25) is 4.79 Å². The van der Waals surface area contributed by atoms with Crippen molar-refractivity contribution in [3.8, 4) is 11.5 Å². The first-order valence-electron chi connectivity index (χ1n) is 8.73. The quantitative estimate of drug-likeness (QED) is 0.489. The van der Waals surface area contributed by atoms with Crippen molar-refractivity contribution >= 4 is 23.2 Å². The fourth-order valence-electron chi connectivity index (χ4n) is 2.48. The number of hydrogen-bond donors (Lipinski definition) is 3.